The van der Waals surface area contributed by atoms with Crippen LogP contribution in [0.4, 0.5) is 10.8 Å². The Labute approximate surface area is 238 Å². The van der Waals surface area contributed by atoms with Crippen molar-refractivity contribution in [2.75, 3.05) is 15.7 Å². The zero-order valence-corrected chi connectivity index (χ0v) is 23.9. The van der Waals surface area contributed by atoms with Gasteiger partial charge in [-0.05, 0) is 78.6 Å². The molecule has 5 aromatic rings. The number of hydrogen-bond donors (Lipinski definition) is 0. The summed E-state index contributed by atoms with van der Waals surface area (Å²) < 4.78 is 30.5. The molecule has 1 amide bonds. The second-order valence-corrected chi connectivity index (χ2v) is 13.0. The van der Waals surface area contributed by atoms with Gasteiger partial charge < -0.3 is 0 Å². The summed E-state index contributed by atoms with van der Waals surface area (Å²) in [7, 11) is -3.77. The van der Waals surface area contributed by atoms with E-state index in [0.717, 1.165) is 38.7 Å². The zero-order chi connectivity index (χ0) is 27.0. The van der Waals surface area contributed by atoms with Crippen LogP contribution >= 0.6 is 27.3 Å². The first kappa shape index (κ1) is 25.7. The minimum absolute atomic E-state index is 0.152. The summed E-state index contributed by atoms with van der Waals surface area (Å²) in [6, 6.07) is 23.3. The number of amides is 1. The second-order valence-electron chi connectivity index (χ2n) is 9.19. The Morgan fingerprint density at radius 2 is 1.85 bits per heavy atom. The smallest absolute Gasteiger partial charge is 0.264 e. The Morgan fingerprint density at radius 1 is 1.03 bits per heavy atom. The van der Waals surface area contributed by atoms with Gasteiger partial charge in [-0.1, -0.05) is 51.5 Å². The van der Waals surface area contributed by atoms with E-state index in [1.165, 1.54) is 27.8 Å². The van der Waals surface area contributed by atoms with Crippen LogP contribution in [0.2, 0.25) is 0 Å². The van der Waals surface area contributed by atoms with Crippen LogP contribution in [-0.2, 0) is 23.0 Å². The maximum Gasteiger partial charge on any atom is 0.264 e. The van der Waals surface area contributed by atoms with Crippen molar-refractivity contribution < 1.29 is 13.2 Å². The third kappa shape index (κ3) is 5.07. The van der Waals surface area contributed by atoms with Gasteiger partial charge in [0, 0.05) is 29.0 Å². The molecular weight excluding hydrogens is 596 g/mol. The number of fused-ring (bicyclic) bond motifs is 2. The minimum Gasteiger partial charge on any atom is -0.279 e. The second kappa shape index (κ2) is 10.5. The maximum absolute atomic E-state index is 13.8. The number of carbonyl (C=O) groups excluding carboxylic acids is 1. The first-order valence-corrected chi connectivity index (χ1v) is 15.4. The van der Waals surface area contributed by atoms with Crippen molar-refractivity contribution >= 4 is 64.2 Å². The van der Waals surface area contributed by atoms with Crippen LogP contribution in [0.5, 0.6) is 0 Å². The number of benzene rings is 3. The number of pyridine rings is 1. The SMILES string of the molecule is O=C(c1ccc(S(=O)(=O)N2CCCc3ccccc32)cc1)N(Cc1cccnc1)c1nc2ccc(Br)cc2s1. The van der Waals surface area contributed by atoms with Crippen molar-refractivity contribution in [1.29, 1.82) is 0 Å². The third-order valence-corrected chi connectivity index (χ3v) is 10.00. The van der Waals surface area contributed by atoms with E-state index in [4.69, 9.17) is 4.98 Å². The van der Waals surface area contributed by atoms with Crippen molar-refractivity contribution in [2.24, 2.45) is 0 Å². The van der Waals surface area contributed by atoms with E-state index in [0.29, 0.717) is 22.9 Å². The van der Waals surface area contributed by atoms with Gasteiger partial charge in [-0.15, -0.1) is 0 Å². The predicted molar refractivity (Wildman–Crippen MR) is 158 cm³/mol. The molecule has 0 atom stereocenters. The number of hydrogen-bond acceptors (Lipinski definition) is 6. The van der Waals surface area contributed by atoms with Crippen molar-refractivity contribution in [3.8, 4) is 0 Å². The number of aryl methyl sites for hydroxylation is 1. The quantitative estimate of drug-likeness (QED) is 0.219. The summed E-state index contributed by atoms with van der Waals surface area (Å²) in [6.45, 7) is 0.699. The summed E-state index contributed by atoms with van der Waals surface area (Å²) in [4.78, 5) is 24.5. The molecule has 0 spiro atoms. The normalized spacial score (nSPS) is 13.3. The van der Waals surface area contributed by atoms with E-state index < -0.39 is 10.0 Å². The highest BCUT2D eigenvalue weighted by atomic mass is 79.9. The summed E-state index contributed by atoms with van der Waals surface area (Å²) in [5.41, 5.74) is 3.76. The Bertz CT molecular complexity index is 1770. The Morgan fingerprint density at radius 3 is 2.64 bits per heavy atom. The molecule has 0 aliphatic carbocycles. The van der Waals surface area contributed by atoms with Crippen molar-refractivity contribution in [1.82, 2.24) is 9.97 Å². The van der Waals surface area contributed by atoms with Gasteiger partial charge in [0.25, 0.3) is 15.9 Å². The van der Waals surface area contributed by atoms with Gasteiger partial charge in [0.05, 0.1) is 27.3 Å². The number of para-hydroxylation sites is 1. The molecule has 10 heteroatoms. The molecule has 0 saturated carbocycles. The average Bonchev–Trinajstić information content (AvgIpc) is 3.38. The summed E-state index contributed by atoms with van der Waals surface area (Å²) >= 11 is 4.92. The molecule has 0 radical (unpaired) electrons. The number of sulfonamides is 1. The number of halogens is 1. The molecule has 0 fully saturated rings. The first-order chi connectivity index (χ1) is 18.9. The van der Waals surface area contributed by atoms with E-state index in [1.807, 2.05) is 54.6 Å². The monoisotopic (exact) mass is 618 g/mol. The van der Waals surface area contributed by atoms with Gasteiger partial charge >= 0.3 is 0 Å². The molecule has 39 heavy (non-hydrogen) atoms. The van der Waals surface area contributed by atoms with Crippen LogP contribution in [0.3, 0.4) is 0 Å². The largest absolute Gasteiger partial charge is 0.279 e. The van der Waals surface area contributed by atoms with Crippen LogP contribution in [0.1, 0.15) is 27.9 Å². The average molecular weight is 620 g/mol. The fourth-order valence-corrected chi connectivity index (χ4v) is 7.76. The predicted octanol–water partition coefficient (Wildman–Crippen LogP) is 6.44. The topological polar surface area (TPSA) is 83.5 Å². The fraction of sp³-hybridized carbons (Fsp3) is 0.138. The molecule has 1 aliphatic rings. The van der Waals surface area contributed by atoms with Gasteiger partial charge in [-0.3, -0.25) is 19.0 Å². The molecule has 0 N–H and O–H groups in total. The lowest BCUT2D eigenvalue weighted by molar-refractivity contribution is 0.0985. The summed E-state index contributed by atoms with van der Waals surface area (Å²) in [6.07, 6.45) is 5.01. The van der Waals surface area contributed by atoms with Gasteiger partial charge in [-0.25, -0.2) is 13.4 Å². The number of nitrogens with zero attached hydrogens (tertiary/aromatic N) is 4. The summed E-state index contributed by atoms with van der Waals surface area (Å²) in [5.74, 6) is -0.274. The lowest BCUT2D eigenvalue weighted by atomic mass is 10.0. The molecule has 3 heterocycles. The van der Waals surface area contributed by atoms with Crippen LogP contribution in [-0.4, -0.2) is 30.8 Å². The molecule has 0 unspecified atom stereocenters. The van der Waals surface area contributed by atoms with Crippen LogP contribution in [0, 0.1) is 0 Å². The van der Waals surface area contributed by atoms with Gasteiger partial charge in [0.15, 0.2) is 5.13 Å². The highest BCUT2D eigenvalue weighted by Crippen LogP contribution is 2.34. The van der Waals surface area contributed by atoms with Crippen molar-refractivity contribution in [3.05, 3.63) is 112 Å². The molecule has 3 aromatic carbocycles. The maximum atomic E-state index is 13.8. The Balaban J connectivity index is 1.33. The number of aromatic nitrogens is 2. The molecule has 6 rings (SSSR count). The van der Waals surface area contributed by atoms with E-state index in [1.54, 1.807) is 29.4 Å². The lowest BCUT2D eigenvalue weighted by Gasteiger charge is -2.30. The number of carbonyl (C=O) groups is 1. The lowest BCUT2D eigenvalue weighted by Crippen LogP contribution is -2.35. The van der Waals surface area contributed by atoms with E-state index >= 15 is 0 Å². The molecular formula is C29H23BrN4O3S2. The van der Waals surface area contributed by atoms with Gasteiger partial charge in [0.2, 0.25) is 0 Å². The zero-order valence-electron chi connectivity index (χ0n) is 20.7. The van der Waals surface area contributed by atoms with Crippen LogP contribution < -0.4 is 9.21 Å². The van der Waals surface area contributed by atoms with Crippen LogP contribution in [0.15, 0.2) is 101 Å². The van der Waals surface area contributed by atoms with Crippen molar-refractivity contribution in [2.45, 2.75) is 24.3 Å². The first-order valence-electron chi connectivity index (χ1n) is 12.4. The molecule has 0 bridgehead atoms. The van der Waals surface area contributed by atoms with Crippen molar-refractivity contribution in [3.63, 3.8) is 0 Å². The number of rotatable bonds is 6. The van der Waals surface area contributed by atoms with E-state index in [-0.39, 0.29) is 17.3 Å². The fourth-order valence-electron chi connectivity index (χ4n) is 4.70. The third-order valence-electron chi connectivity index (χ3n) is 6.64. The van der Waals surface area contributed by atoms with Gasteiger partial charge in [0.1, 0.15) is 0 Å². The Hall–Kier alpha value is -3.60. The van der Waals surface area contributed by atoms with Gasteiger partial charge in [-0.2, -0.15) is 0 Å². The summed E-state index contributed by atoms with van der Waals surface area (Å²) in [5, 5.41) is 0.554. The standard InChI is InChI=1S/C29H23BrN4O3S2/c30-23-11-14-25-27(17-23)38-29(32-25)33(19-20-5-3-15-31-18-20)28(35)22-9-12-24(13-10-22)39(36,37)34-16-4-7-21-6-1-2-8-26(21)34/h1-3,5-6,8-15,17-18H,4,7,16,19H2. The molecule has 2 aromatic heterocycles. The number of thiazole rings is 1. The molecule has 196 valence electrons. The van der Waals surface area contributed by atoms with Crippen LogP contribution in [0.25, 0.3) is 10.2 Å². The highest BCUT2D eigenvalue weighted by molar-refractivity contribution is 9.10. The molecule has 1 aliphatic heterocycles. The number of anilines is 2. The molecule has 7 nitrogen and oxygen atoms in total. The Kier molecular flexibility index (Phi) is 6.92. The molecule has 0 saturated heterocycles. The minimum atomic E-state index is -3.77. The van der Waals surface area contributed by atoms with E-state index in [9.17, 15) is 13.2 Å². The van der Waals surface area contributed by atoms with E-state index in [2.05, 4.69) is 20.9 Å². The highest BCUT2D eigenvalue weighted by Gasteiger charge is 2.29.